The molecule has 0 aliphatic rings. The van der Waals surface area contributed by atoms with Crippen molar-refractivity contribution in [2.24, 2.45) is 0 Å². The van der Waals surface area contributed by atoms with E-state index in [0.717, 1.165) is 23.1 Å². The standard InChI is InChI=1S/C21H19NO/c1-22(17-23)21(18-11-5-2-6-12-18,19-13-7-3-8-14-19)20-15-9-4-10-16-20/h2-17H,1H3. The molecule has 0 aliphatic carbocycles. The summed E-state index contributed by atoms with van der Waals surface area (Å²) in [6, 6.07) is 30.4. The third kappa shape index (κ3) is 2.53. The molecule has 0 aromatic heterocycles. The SMILES string of the molecule is CN(C=O)C(c1ccccc1)(c1ccccc1)c1ccccc1. The zero-order valence-corrected chi connectivity index (χ0v) is 13.1. The Balaban J connectivity index is 2.38. The van der Waals surface area contributed by atoms with Crippen molar-refractivity contribution in [1.29, 1.82) is 0 Å². The number of amides is 1. The van der Waals surface area contributed by atoms with E-state index in [1.165, 1.54) is 0 Å². The van der Waals surface area contributed by atoms with Crippen LogP contribution >= 0.6 is 0 Å². The van der Waals surface area contributed by atoms with Crippen LogP contribution in [0.15, 0.2) is 91.0 Å². The Morgan fingerprint density at radius 1 is 0.652 bits per heavy atom. The van der Waals surface area contributed by atoms with Crippen molar-refractivity contribution in [2.45, 2.75) is 5.54 Å². The lowest BCUT2D eigenvalue weighted by Gasteiger charge is -2.41. The summed E-state index contributed by atoms with van der Waals surface area (Å²) in [4.78, 5) is 13.5. The number of hydrogen-bond acceptors (Lipinski definition) is 1. The normalized spacial score (nSPS) is 11.0. The van der Waals surface area contributed by atoms with E-state index in [9.17, 15) is 4.79 Å². The molecule has 0 atom stereocenters. The average molecular weight is 301 g/mol. The van der Waals surface area contributed by atoms with Crippen molar-refractivity contribution < 1.29 is 4.79 Å². The Bertz CT molecular complexity index is 657. The summed E-state index contributed by atoms with van der Waals surface area (Å²) in [5.41, 5.74) is 2.54. The molecule has 0 fully saturated rings. The van der Waals surface area contributed by atoms with Gasteiger partial charge in [0, 0.05) is 7.05 Å². The molecule has 1 amide bonds. The quantitative estimate of drug-likeness (QED) is 0.514. The molecule has 3 aromatic rings. The van der Waals surface area contributed by atoms with Gasteiger partial charge in [-0.05, 0) is 16.7 Å². The zero-order valence-electron chi connectivity index (χ0n) is 13.1. The van der Waals surface area contributed by atoms with Crippen molar-refractivity contribution in [3.05, 3.63) is 108 Å². The molecular weight excluding hydrogens is 282 g/mol. The molecule has 114 valence electrons. The van der Waals surface area contributed by atoms with Gasteiger partial charge in [-0.25, -0.2) is 0 Å². The Morgan fingerprint density at radius 2 is 0.957 bits per heavy atom. The summed E-state index contributed by atoms with van der Waals surface area (Å²) in [5.74, 6) is 0. The summed E-state index contributed by atoms with van der Waals surface area (Å²) in [7, 11) is 1.83. The highest BCUT2D eigenvalue weighted by atomic mass is 16.1. The monoisotopic (exact) mass is 301 g/mol. The van der Waals surface area contributed by atoms with Gasteiger partial charge in [0.15, 0.2) is 0 Å². The number of benzene rings is 3. The fourth-order valence-corrected chi connectivity index (χ4v) is 3.23. The molecule has 0 saturated carbocycles. The average Bonchev–Trinajstić information content (AvgIpc) is 2.65. The third-order valence-corrected chi connectivity index (χ3v) is 4.26. The molecule has 0 aliphatic heterocycles. The van der Waals surface area contributed by atoms with Gasteiger partial charge in [-0.15, -0.1) is 0 Å². The van der Waals surface area contributed by atoms with Crippen LogP contribution in [0.1, 0.15) is 16.7 Å². The Morgan fingerprint density at radius 3 is 1.22 bits per heavy atom. The number of rotatable bonds is 5. The summed E-state index contributed by atoms with van der Waals surface area (Å²) < 4.78 is 0. The highest BCUT2D eigenvalue weighted by molar-refractivity contribution is 5.59. The molecular formula is C21H19NO. The lowest BCUT2D eigenvalue weighted by Crippen LogP contribution is -2.45. The van der Waals surface area contributed by atoms with E-state index in [-0.39, 0.29) is 0 Å². The van der Waals surface area contributed by atoms with Crippen molar-refractivity contribution in [3.8, 4) is 0 Å². The minimum atomic E-state index is -0.647. The Kier molecular flexibility index (Phi) is 4.24. The van der Waals surface area contributed by atoms with Crippen LogP contribution in [-0.4, -0.2) is 18.4 Å². The van der Waals surface area contributed by atoms with Crippen LogP contribution in [-0.2, 0) is 10.3 Å². The third-order valence-electron chi connectivity index (χ3n) is 4.26. The fraction of sp³-hybridized carbons (Fsp3) is 0.0952. The van der Waals surface area contributed by atoms with Crippen LogP contribution in [0.5, 0.6) is 0 Å². The van der Waals surface area contributed by atoms with Gasteiger partial charge in [-0.2, -0.15) is 0 Å². The van der Waals surface area contributed by atoms with Gasteiger partial charge in [-0.3, -0.25) is 4.79 Å². The zero-order chi connectivity index (χ0) is 16.1. The van der Waals surface area contributed by atoms with Crippen molar-refractivity contribution >= 4 is 6.41 Å². The lowest BCUT2D eigenvalue weighted by molar-refractivity contribution is -0.120. The predicted octanol–water partition coefficient (Wildman–Crippen LogP) is 4.07. The molecule has 0 spiro atoms. The maximum atomic E-state index is 11.8. The second-order valence-corrected chi connectivity index (χ2v) is 5.52. The molecule has 23 heavy (non-hydrogen) atoms. The minimum absolute atomic E-state index is 0.647. The van der Waals surface area contributed by atoms with Gasteiger partial charge in [0.25, 0.3) is 0 Å². The molecule has 0 bridgehead atoms. The van der Waals surface area contributed by atoms with Crippen LogP contribution in [0.3, 0.4) is 0 Å². The van der Waals surface area contributed by atoms with Crippen molar-refractivity contribution in [1.82, 2.24) is 4.90 Å². The minimum Gasteiger partial charge on any atom is -0.330 e. The summed E-state index contributed by atoms with van der Waals surface area (Å²) in [6.07, 6.45) is 0.896. The van der Waals surface area contributed by atoms with Crippen molar-refractivity contribution in [3.63, 3.8) is 0 Å². The summed E-state index contributed by atoms with van der Waals surface area (Å²) in [5, 5.41) is 0. The van der Waals surface area contributed by atoms with E-state index < -0.39 is 5.54 Å². The van der Waals surface area contributed by atoms with Crippen LogP contribution in [0, 0.1) is 0 Å². The molecule has 3 aromatic carbocycles. The molecule has 0 N–H and O–H groups in total. The summed E-state index contributed by atoms with van der Waals surface area (Å²) >= 11 is 0. The second-order valence-electron chi connectivity index (χ2n) is 5.52. The first-order valence-electron chi connectivity index (χ1n) is 7.65. The van der Waals surface area contributed by atoms with Gasteiger partial charge in [0.05, 0.1) is 0 Å². The maximum absolute atomic E-state index is 11.8. The van der Waals surface area contributed by atoms with Crippen LogP contribution in [0.4, 0.5) is 0 Å². The van der Waals surface area contributed by atoms with Gasteiger partial charge in [0.2, 0.25) is 6.41 Å². The molecule has 2 heteroatoms. The van der Waals surface area contributed by atoms with Crippen LogP contribution in [0.2, 0.25) is 0 Å². The first kappa shape index (κ1) is 15.0. The van der Waals surface area contributed by atoms with Crippen LogP contribution < -0.4 is 0 Å². The summed E-state index contributed by atoms with van der Waals surface area (Å²) in [6.45, 7) is 0. The van der Waals surface area contributed by atoms with Gasteiger partial charge in [0.1, 0.15) is 5.54 Å². The largest absolute Gasteiger partial charge is 0.330 e. The van der Waals surface area contributed by atoms with E-state index in [2.05, 4.69) is 36.4 Å². The maximum Gasteiger partial charge on any atom is 0.210 e. The van der Waals surface area contributed by atoms with Crippen LogP contribution in [0.25, 0.3) is 0 Å². The lowest BCUT2D eigenvalue weighted by atomic mass is 9.76. The smallest absolute Gasteiger partial charge is 0.210 e. The van der Waals surface area contributed by atoms with E-state index in [0.29, 0.717) is 0 Å². The van der Waals surface area contributed by atoms with Gasteiger partial charge < -0.3 is 4.90 Å². The van der Waals surface area contributed by atoms with E-state index in [4.69, 9.17) is 0 Å². The predicted molar refractivity (Wildman–Crippen MR) is 93.0 cm³/mol. The Labute approximate surface area is 137 Å². The topological polar surface area (TPSA) is 20.3 Å². The second kappa shape index (κ2) is 6.49. The van der Waals surface area contributed by atoms with Gasteiger partial charge in [-0.1, -0.05) is 91.0 Å². The van der Waals surface area contributed by atoms with E-state index in [1.807, 2.05) is 61.6 Å². The number of hydrogen-bond donors (Lipinski definition) is 0. The van der Waals surface area contributed by atoms with E-state index in [1.54, 1.807) is 4.90 Å². The fourth-order valence-electron chi connectivity index (χ4n) is 3.23. The molecule has 0 saturated heterocycles. The highest BCUT2D eigenvalue weighted by Crippen LogP contribution is 2.40. The van der Waals surface area contributed by atoms with E-state index >= 15 is 0 Å². The molecule has 0 unspecified atom stereocenters. The number of nitrogens with zero attached hydrogens (tertiary/aromatic N) is 1. The highest BCUT2D eigenvalue weighted by Gasteiger charge is 2.39. The van der Waals surface area contributed by atoms with Gasteiger partial charge >= 0.3 is 0 Å². The molecule has 3 rings (SSSR count). The number of carbonyl (C=O) groups is 1. The molecule has 2 nitrogen and oxygen atoms in total. The number of carbonyl (C=O) groups excluding carboxylic acids is 1. The first-order chi connectivity index (χ1) is 11.3. The molecule has 0 heterocycles. The van der Waals surface area contributed by atoms with Crippen molar-refractivity contribution in [2.75, 3.05) is 7.05 Å². The Hall–Kier alpha value is -2.87. The molecule has 0 radical (unpaired) electrons. The first-order valence-corrected chi connectivity index (χ1v) is 7.65.